The second-order valence-corrected chi connectivity index (χ2v) is 5.60. The number of thiophene rings is 1. The monoisotopic (exact) mass is 202 g/mol. The van der Waals surface area contributed by atoms with Gasteiger partial charge in [-0.05, 0) is 29.3 Å². The number of hydrogen-bond donors (Lipinski definition) is 0. The van der Waals surface area contributed by atoms with E-state index in [1.807, 2.05) is 0 Å². The van der Waals surface area contributed by atoms with E-state index in [-0.39, 0.29) is 5.41 Å². The quantitative estimate of drug-likeness (QED) is 0.603. The van der Waals surface area contributed by atoms with Crippen molar-refractivity contribution < 1.29 is 0 Å². The van der Waals surface area contributed by atoms with Crippen molar-refractivity contribution in [2.75, 3.05) is 0 Å². The Morgan fingerprint density at radius 2 is 1.93 bits per heavy atom. The SMILES string of the molecule is Cc1csc2c#cc(C(C)(C)C)cc12. The first-order valence-corrected chi connectivity index (χ1v) is 5.69. The predicted molar refractivity (Wildman–Crippen MR) is 62.9 cm³/mol. The summed E-state index contributed by atoms with van der Waals surface area (Å²) in [6, 6.07) is 8.74. The molecule has 0 aliphatic carbocycles. The molecule has 0 bridgehead atoms. The van der Waals surface area contributed by atoms with Gasteiger partial charge in [0, 0.05) is 10.9 Å². The molecule has 0 spiro atoms. The van der Waals surface area contributed by atoms with Gasteiger partial charge in [0.2, 0.25) is 0 Å². The molecule has 1 aromatic carbocycles. The smallest absolute Gasteiger partial charge is 0.0847 e. The van der Waals surface area contributed by atoms with E-state index in [0.717, 1.165) is 0 Å². The highest BCUT2D eigenvalue weighted by atomic mass is 32.1. The van der Waals surface area contributed by atoms with Crippen LogP contribution in [0.1, 0.15) is 31.9 Å². The highest BCUT2D eigenvalue weighted by Crippen LogP contribution is 2.28. The molecule has 0 radical (unpaired) electrons. The number of aryl methyl sites for hydroxylation is 1. The minimum atomic E-state index is 0.166. The Labute approximate surface area is 89.6 Å². The van der Waals surface area contributed by atoms with Crippen molar-refractivity contribution in [2.45, 2.75) is 33.1 Å². The van der Waals surface area contributed by atoms with Crippen LogP contribution < -0.4 is 0 Å². The molecule has 0 unspecified atom stereocenters. The number of hydrogen-bond acceptors (Lipinski definition) is 1. The van der Waals surface area contributed by atoms with Crippen molar-refractivity contribution in [3.8, 4) is 0 Å². The number of fused-ring (bicyclic) bond motifs is 1. The van der Waals surface area contributed by atoms with Gasteiger partial charge in [-0.25, -0.2) is 0 Å². The molecule has 1 aromatic heterocycles. The molecular weight excluding hydrogens is 188 g/mol. The lowest BCUT2D eigenvalue weighted by atomic mass is 9.87. The summed E-state index contributed by atoms with van der Waals surface area (Å²) < 4.78 is 1.22. The Kier molecular flexibility index (Phi) is 2.05. The van der Waals surface area contributed by atoms with Gasteiger partial charge in [0.1, 0.15) is 0 Å². The molecule has 0 aliphatic heterocycles. The maximum Gasteiger partial charge on any atom is 0.0847 e. The van der Waals surface area contributed by atoms with Crippen LogP contribution in [0.4, 0.5) is 0 Å². The Hall–Kier alpha value is -1.00. The van der Waals surface area contributed by atoms with Gasteiger partial charge in [-0.3, -0.25) is 0 Å². The first kappa shape index (κ1) is 9.55. The van der Waals surface area contributed by atoms with E-state index >= 15 is 0 Å². The standard InChI is InChI=1S/C13H14S/c1-9-8-14-12-6-5-10(7-11(9)12)13(2,3)4/h7-8H,1-4H3. The van der Waals surface area contributed by atoms with Gasteiger partial charge in [0.25, 0.3) is 0 Å². The fourth-order valence-corrected chi connectivity index (χ4v) is 2.32. The van der Waals surface area contributed by atoms with E-state index in [2.05, 4.69) is 51.3 Å². The average Bonchev–Trinajstić information content (AvgIpc) is 2.46. The molecular formula is C13H14S. The highest BCUT2D eigenvalue weighted by molar-refractivity contribution is 7.17. The van der Waals surface area contributed by atoms with Crippen LogP contribution in [-0.2, 0) is 5.41 Å². The lowest BCUT2D eigenvalue weighted by Crippen LogP contribution is -2.09. The lowest BCUT2D eigenvalue weighted by Gasteiger charge is -2.16. The van der Waals surface area contributed by atoms with E-state index in [4.69, 9.17) is 0 Å². The van der Waals surface area contributed by atoms with Crippen LogP contribution in [0.15, 0.2) is 11.4 Å². The second-order valence-electron chi connectivity index (χ2n) is 4.72. The van der Waals surface area contributed by atoms with Gasteiger partial charge in [-0.15, -0.1) is 11.3 Å². The van der Waals surface area contributed by atoms with Crippen LogP contribution in [-0.4, -0.2) is 0 Å². The van der Waals surface area contributed by atoms with Gasteiger partial charge in [0.15, 0.2) is 0 Å². The zero-order valence-electron chi connectivity index (χ0n) is 9.06. The predicted octanol–water partition coefficient (Wildman–Crippen LogP) is 4.11. The van der Waals surface area contributed by atoms with E-state index in [9.17, 15) is 0 Å². The van der Waals surface area contributed by atoms with Crippen LogP contribution >= 0.6 is 11.3 Å². The normalized spacial score (nSPS) is 11.7. The molecule has 2 aromatic rings. The summed E-state index contributed by atoms with van der Waals surface area (Å²) in [7, 11) is 0. The van der Waals surface area contributed by atoms with E-state index in [1.165, 1.54) is 21.2 Å². The van der Waals surface area contributed by atoms with Crippen LogP contribution in [0, 0.1) is 19.1 Å². The molecule has 14 heavy (non-hydrogen) atoms. The second kappa shape index (κ2) is 3.00. The first-order chi connectivity index (χ1) is 6.48. The van der Waals surface area contributed by atoms with E-state index in [0.29, 0.717) is 0 Å². The number of rotatable bonds is 0. The van der Waals surface area contributed by atoms with Crippen molar-refractivity contribution in [1.82, 2.24) is 0 Å². The Bertz CT molecular complexity index is 458. The molecule has 0 nitrogen and oxygen atoms in total. The van der Waals surface area contributed by atoms with Crippen LogP contribution in [0.25, 0.3) is 10.1 Å². The zero-order chi connectivity index (χ0) is 10.3. The van der Waals surface area contributed by atoms with Gasteiger partial charge in [-0.1, -0.05) is 32.9 Å². The average molecular weight is 202 g/mol. The van der Waals surface area contributed by atoms with E-state index in [1.54, 1.807) is 11.3 Å². The van der Waals surface area contributed by atoms with Gasteiger partial charge in [0.05, 0.1) is 4.70 Å². The summed E-state index contributed by atoms with van der Waals surface area (Å²) in [5.41, 5.74) is 2.76. The maximum atomic E-state index is 3.25. The van der Waals surface area contributed by atoms with Crippen LogP contribution in [0.5, 0.6) is 0 Å². The summed E-state index contributed by atoms with van der Waals surface area (Å²) in [5, 5.41) is 3.51. The molecule has 0 fully saturated rings. The third kappa shape index (κ3) is 1.51. The molecule has 0 N–H and O–H groups in total. The Balaban J connectivity index is 2.66. The Morgan fingerprint density at radius 1 is 1.21 bits per heavy atom. The fourth-order valence-electron chi connectivity index (χ4n) is 1.44. The highest BCUT2D eigenvalue weighted by Gasteiger charge is 2.14. The van der Waals surface area contributed by atoms with Gasteiger partial charge < -0.3 is 0 Å². The molecule has 1 heterocycles. The van der Waals surface area contributed by atoms with Crippen molar-refractivity contribution in [1.29, 1.82) is 0 Å². The topological polar surface area (TPSA) is 0 Å². The minimum Gasteiger partial charge on any atom is -0.134 e. The molecule has 0 aliphatic rings. The zero-order valence-corrected chi connectivity index (χ0v) is 9.88. The summed E-state index contributed by atoms with van der Waals surface area (Å²) in [6.45, 7) is 8.78. The van der Waals surface area contributed by atoms with Crippen molar-refractivity contribution in [2.24, 2.45) is 0 Å². The van der Waals surface area contributed by atoms with Crippen molar-refractivity contribution in [3.05, 3.63) is 34.7 Å². The van der Waals surface area contributed by atoms with Crippen molar-refractivity contribution >= 4 is 21.4 Å². The minimum absolute atomic E-state index is 0.166. The van der Waals surface area contributed by atoms with Gasteiger partial charge >= 0.3 is 0 Å². The van der Waals surface area contributed by atoms with Crippen LogP contribution in [0.3, 0.4) is 0 Å². The molecule has 1 heteroatoms. The third-order valence-electron chi connectivity index (χ3n) is 2.43. The molecule has 0 atom stereocenters. The van der Waals surface area contributed by atoms with Gasteiger partial charge in [-0.2, -0.15) is 0 Å². The summed E-state index contributed by atoms with van der Waals surface area (Å²) in [6.07, 6.45) is 0. The molecule has 0 saturated heterocycles. The molecule has 2 rings (SSSR count). The lowest BCUT2D eigenvalue weighted by molar-refractivity contribution is 0.591. The maximum absolute atomic E-state index is 3.25. The van der Waals surface area contributed by atoms with Crippen LogP contribution in [0.2, 0.25) is 0 Å². The summed E-state index contributed by atoms with van der Waals surface area (Å²) in [4.78, 5) is 0. The summed E-state index contributed by atoms with van der Waals surface area (Å²) >= 11 is 1.75. The van der Waals surface area contributed by atoms with E-state index < -0.39 is 0 Å². The summed E-state index contributed by atoms with van der Waals surface area (Å²) in [5.74, 6) is 0. The fraction of sp³-hybridized carbons (Fsp3) is 0.385. The molecule has 0 amide bonds. The molecule has 0 saturated carbocycles. The third-order valence-corrected chi connectivity index (χ3v) is 3.46. The van der Waals surface area contributed by atoms with Crippen molar-refractivity contribution in [3.63, 3.8) is 0 Å². The Morgan fingerprint density at radius 3 is 2.57 bits per heavy atom. The first-order valence-electron chi connectivity index (χ1n) is 4.81. The largest absolute Gasteiger partial charge is 0.134 e. The molecule has 72 valence electrons.